The van der Waals surface area contributed by atoms with Crippen LogP contribution in [0.25, 0.3) is 0 Å². The molecule has 4 rings (SSSR count). The van der Waals surface area contributed by atoms with Crippen molar-refractivity contribution >= 4 is 0 Å². The number of hydrogen-bond donors (Lipinski definition) is 1. The Hall–Kier alpha value is -1.08. The van der Waals surface area contributed by atoms with Crippen molar-refractivity contribution in [2.24, 2.45) is 0 Å². The van der Waals surface area contributed by atoms with E-state index in [9.17, 15) is 8.78 Å². The summed E-state index contributed by atoms with van der Waals surface area (Å²) < 4.78 is 44.0. The third-order valence-corrected chi connectivity index (χ3v) is 5.37. The molecular weight excluding hydrogens is 316 g/mol. The van der Waals surface area contributed by atoms with Crippen LogP contribution in [0.5, 0.6) is 0 Å². The average Bonchev–Trinajstić information content (AvgIpc) is 3.22. The molecule has 1 aliphatic carbocycles. The topological polar surface area (TPSA) is 39.7 Å². The molecule has 6 heteroatoms. The molecule has 0 unspecified atom stereocenters. The molecule has 1 N–H and O–H groups in total. The Morgan fingerprint density at radius 2 is 1.71 bits per heavy atom. The fourth-order valence-electron chi connectivity index (χ4n) is 4.09. The molecule has 24 heavy (non-hydrogen) atoms. The van der Waals surface area contributed by atoms with Crippen LogP contribution in [0.2, 0.25) is 0 Å². The van der Waals surface area contributed by atoms with Gasteiger partial charge >= 0.3 is 0 Å². The lowest BCUT2D eigenvalue weighted by atomic mass is 9.89. The van der Waals surface area contributed by atoms with Gasteiger partial charge in [-0.2, -0.15) is 0 Å². The van der Waals surface area contributed by atoms with Crippen molar-refractivity contribution in [1.82, 2.24) is 5.32 Å². The van der Waals surface area contributed by atoms with E-state index in [4.69, 9.17) is 14.2 Å². The molecule has 0 aromatic heterocycles. The molecule has 2 aliphatic heterocycles. The zero-order chi connectivity index (χ0) is 16.6. The minimum absolute atomic E-state index is 0.124. The van der Waals surface area contributed by atoms with Gasteiger partial charge in [0.15, 0.2) is 17.4 Å². The highest BCUT2D eigenvalue weighted by atomic mass is 19.2. The second-order valence-electron chi connectivity index (χ2n) is 6.91. The predicted molar refractivity (Wildman–Crippen MR) is 83.5 cm³/mol. The first kappa shape index (κ1) is 16.4. The molecule has 2 heterocycles. The summed E-state index contributed by atoms with van der Waals surface area (Å²) in [7, 11) is 0. The van der Waals surface area contributed by atoms with Crippen molar-refractivity contribution in [2.45, 2.75) is 56.1 Å². The summed E-state index contributed by atoms with van der Waals surface area (Å²) >= 11 is 0. The molecule has 3 fully saturated rings. The van der Waals surface area contributed by atoms with Gasteiger partial charge in [-0.25, -0.2) is 8.78 Å². The molecule has 1 aromatic rings. The number of benzene rings is 1. The summed E-state index contributed by atoms with van der Waals surface area (Å²) in [5, 5.41) is 3.65. The Balaban J connectivity index is 1.38. The number of rotatable bonds is 3. The fraction of sp³-hybridized carbons (Fsp3) is 0.667. The molecular formula is C18H23F2NO3. The molecule has 0 bridgehead atoms. The third-order valence-electron chi connectivity index (χ3n) is 5.37. The van der Waals surface area contributed by atoms with Gasteiger partial charge in [-0.15, -0.1) is 0 Å². The van der Waals surface area contributed by atoms with Gasteiger partial charge in [0, 0.05) is 31.5 Å². The molecule has 4 nitrogen and oxygen atoms in total. The van der Waals surface area contributed by atoms with E-state index >= 15 is 0 Å². The van der Waals surface area contributed by atoms with Crippen LogP contribution in [0, 0.1) is 11.6 Å². The molecule has 1 aromatic carbocycles. The molecule has 0 amide bonds. The van der Waals surface area contributed by atoms with E-state index < -0.39 is 11.6 Å². The minimum Gasteiger partial charge on any atom is -0.372 e. The Kier molecular flexibility index (Phi) is 4.56. The van der Waals surface area contributed by atoms with E-state index in [0.29, 0.717) is 31.4 Å². The zero-order valence-electron chi connectivity index (χ0n) is 13.6. The van der Waals surface area contributed by atoms with Crippen molar-refractivity contribution < 1.29 is 23.0 Å². The van der Waals surface area contributed by atoms with E-state index in [0.717, 1.165) is 32.1 Å². The first-order chi connectivity index (χ1) is 11.7. The van der Waals surface area contributed by atoms with Gasteiger partial charge in [-0.05, 0) is 37.0 Å². The van der Waals surface area contributed by atoms with Crippen molar-refractivity contribution in [3.05, 3.63) is 35.4 Å². The van der Waals surface area contributed by atoms with Gasteiger partial charge in [0.25, 0.3) is 0 Å². The lowest BCUT2D eigenvalue weighted by molar-refractivity contribution is -0.179. The first-order valence-corrected chi connectivity index (χ1v) is 8.76. The molecule has 3 aliphatic rings. The minimum atomic E-state index is -0.824. The number of hydrogen-bond acceptors (Lipinski definition) is 4. The van der Waals surface area contributed by atoms with Crippen LogP contribution in [-0.2, 0) is 14.2 Å². The van der Waals surface area contributed by atoms with Crippen molar-refractivity contribution in [3.63, 3.8) is 0 Å². The quantitative estimate of drug-likeness (QED) is 0.919. The maximum atomic E-state index is 13.5. The van der Waals surface area contributed by atoms with Crippen molar-refractivity contribution in [2.75, 3.05) is 19.8 Å². The maximum Gasteiger partial charge on any atom is 0.168 e. The second kappa shape index (κ2) is 6.67. The summed E-state index contributed by atoms with van der Waals surface area (Å²) in [6.07, 6.45) is 4.41. The Morgan fingerprint density at radius 3 is 2.42 bits per heavy atom. The zero-order valence-corrected chi connectivity index (χ0v) is 13.6. The van der Waals surface area contributed by atoms with E-state index in [1.54, 1.807) is 6.07 Å². The normalized spacial score (nSPS) is 30.2. The molecule has 0 radical (unpaired) electrons. The monoisotopic (exact) mass is 339 g/mol. The molecule has 132 valence electrons. The summed E-state index contributed by atoms with van der Waals surface area (Å²) in [5.74, 6) is -2.00. The van der Waals surface area contributed by atoms with Crippen molar-refractivity contribution in [1.29, 1.82) is 0 Å². The maximum absolute atomic E-state index is 13.5. The van der Waals surface area contributed by atoms with E-state index in [2.05, 4.69) is 5.32 Å². The molecule has 2 atom stereocenters. The van der Waals surface area contributed by atoms with Gasteiger partial charge in [-0.1, -0.05) is 6.07 Å². The van der Waals surface area contributed by atoms with Gasteiger partial charge in [0.1, 0.15) is 0 Å². The van der Waals surface area contributed by atoms with E-state index in [1.165, 1.54) is 12.1 Å². The van der Waals surface area contributed by atoms with Gasteiger partial charge in [-0.3, -0.25) is 0 Å². The second-order valence-corrected chi connectivity index (χ2v) is 6.91. The van der Waals surface area contributed by atoms with Crippen LogP contribution in [0.4, 0.5) is 8.78 Å². The lowest BCUT2D eigenvalue weighted by Crippen LogP contribution is -2.46. The highest BCUT2D eigenvalue weighted by Gasteiger charge is 2.41. The standard InChI is InChI=1S/C18H23F2NO3/c19-14-2-1-12(11-15(14)20)17-16(5-8-22-17)21-13-3-6-18(7-4-13)23-9-10-24-18/h1-2,11,13,16-17,21H,3-10H2/t16-,17-/m0/s1. The van der Waals surface area contributed by atoms with Gasteiger partial charge in [0.2, 0.25) is 0 Å². The lowest BCUT2D eigenvalue weighted by Gasteiger charge is -2.37. The van der Waals surface area contributed by atoms with Crippen LogP contribution in [0.3, 0.4) is 0 Å². The SMILES string of the molecule is Fc1ccc([C@@H]2OCC[C@@H]2NC2CCC3(CC2)OCCO3)cc1F. The van der Waals surface area contributed by atoms with Crippen LogP contribution < -0.4 is 5.32 Å². The van der Waals surface area contributed by atoms with Crippen LogP contribution >= 0.6 is 0 Å². The van der Waals surface area contributed by atoms with Crippen LogP contribution in [0.1, 0.15) is 43.8 Å². The molecule has 2 saturated heterocycles. The first-order valence-electron chi connectivity index (χ1n) is 8.76. The van der Waals surface area contributed by atoms with E-state index in [1.807, 2.05) is 0 Å². The Labute approximate surface area is 140 Å². The summed E-state index contributed by atoms with van der Waals surface area (Å²) in [4.78, 5) is 0. The van der Waals surface area contributed by atoms with Gasteiger partial charge < -0.3 is 19.5 Å². The summed E-state index contributed by atoms with van der Waals surface area (Å²) in [6.45, 7) is 2.00. The molecule has 1 spiro atoms. The molecule has 1 saturated carbocycles. The Bertz CT molecular complexity index is 582. The smallest absolute Gasteiger partial charge is 0.168 e. The highest BCUT2D eigenvalue weighted by Crippen LogP contribution is 2.37. The average molecular weight is 339 g/mol. The van der Waals surface area contributed by atoms with Crippen LogP contribution in [0.15, 0.2) is 18.2 Å². The summed E-state index contributed by atoms with van der Waals surface area (Å²) in [5.41, 5.74) is 0.693. The number of nitrogens with one attached hydrogen (secondary N) is 1. The van der Waals surface area contributed by atoms with Crippen LogP contribution in [-0.4, -0.2) is 37.7 Å². The fourth-order valence-corrected chi connectivity index (χ4v) is 4.09. The highest BCUT2D eigenvalue weighted by molar-refractivity contribution is 5.22. The third kappa shape index (κ3) is 3.20. The number of ether oxygens (including phenoxy) is 3. The number of halogens is 2. The largest absolute Gasteiger partial charge is 0.372 e. The predicted octanol–water partition coefficient (Wildman–Crippen LogP) is 3.07. The van der Waals surface area contributed by atoms with E-state index in [-0.39, 0.29) is 17.9 Å². The van der Waals surface area contributed by atoms with Gasteiger partial charge in [0.05, 0.1) is 19.3 Å². The Morgan fingerprint density at radius 1 is 0.958 bits per heavy atom. The van der Waals surface area contributed by atoms with Crippen molar-refractivity contribution in [3.8, 4) is 0 Å². The summed E-state index contributed by atoms with van der Waals surface area (Å²) in [6, 6.07) is 4.53.